The number of piperazine rings is 1. The van der Waals surface area contributed by atoms with Crippen molar-refractivity contribution in [3.8, 4) is 0 Å². The lowest BCUT2D eigenvalue weighted by Gasteiger charge is -2.41. The molecule has 29 heavy (non-hydrogen) atoms. The Morgan fingerprint density at radius 2 is 2.00 bits per heavy atom. The Morgan fingerprint density at radius 1 is 1.21 bits per heavy atom. The molecule has 1 saturated heterocycles. The molecule has 1 amide bonds. The molecule has 3 aromatic rings. The van der Waals surface area contributed by atoms with Crippen LogP contribution in [-0.4, -0.2) is 46.5 Å². The number of benzene rings is 1. The Hall–Kier alpha value is -2.47. The van der Waals surface area contributed by atoms with Crippen LogP contribution in [0.2, 0.25) is 0 Å². The Bertz CT molecular complexity index is 1000. The van der Waals surface area contributed by atoms with Gasteiger partial charge in [-0.25, -0.2) is 9.97 Å². The molecule has 1 aliphatic heterocycles. The van der Waals surface area contributed by atoms with Gasteiger partial charge in [0.05, 0.1) is 11.8 Å². The van der Waals surface area contributed by atoms with Crippen LogP contribution in [0.4, 0.5) is 5.82 Å². The third-order valence-corrected chi connectivity index (χ3v) is 6.57. The van der Waals surface area contributed by atoms with Gasteiger partial charge in [0, 0.05) is 30.6 Å². The number of hydrogen-bond acceptors (Lipinski definition) is 5. The number of fused-ring (bicyclic) bond motifs is 1. The van der Waals surface area contributed by atoms with E-state index in [0.717, 1.165) is 59.9 Å². The van der Waals surface area contributed by atoms with E-state index in [9.17, 15) is 4.79 Å². The fourth-order valence-corrected chi connectivity index (χ4v) is 5.20. The van der Waals surface area contributed by atoms with E-state index in [1.165, 1.54) is 4.88 Å². The number of aryl methyl sites for hydroxylation is 2. The van der Waals surface area contributed by atoms with Crippen molar-refractivity contribution in [3.05, 3.63) is 52.7 Å². The van der Waals surface area contributed by atoms with Crippen LogP contribution in [-0.2, 0) is 17.6 Å². The Kier molecular flexibility index (Phi) is 5.81. The SMILES string of the molecule is CCCc1cc2c(N3CCN(C(=O)Cc4ccccc4)C[C@@H]3C)nc(C)nc2s1. The fourth-order valence-electron chi connectivity index (χ4n) is 4.03. The molecule has 1 aromatic carbocycles. The second-order valence-electron chi connectivity index (χ2n) is 7.82. The monoisotopic (exact) mass is 408 g/mol. The second kappa shape index (κ2) is 8.49. The first-order valence-electron chi connectivity index (χ1n) is 10.4. The molecule has 1 fully saturated rings. The van der Waals surface area contributed by atoms with Gasteiger partial charge < -0.3 is 9.80 Å². The van der Waals surface area contributed by atoms with Crippen molar-refractivity contribution < 1.29 is 4.79 Å². The first-order chi connectivity index (χ1) is 14.0. The summed E-state index contributed by atoms with van der Waals surface area (Å²) >= 11 is 1.78. The molecule has 0 N–H and O–H groups in total. The van der Waals surface area contributed by atoms with Gasteiger partial charge >= 0.3 is 0 Å². The van der Waals surface area contributed by atoms with Crippen molar-refractivity contribution in [1.82, 2.24) is 14.9 Å². The normalized spacial score (nSPS) is 17.1. The van der Waals surface area contributed by atoms with Crippen molar-refractivity contribution in [2.75, 3.05) is 24.5 Å². The summed E-state index contributed by atoms with van der Waals surface area (Å²) in [4.78, 5) is 29.0. The second-order valence-corrected chi connectivity index (χ2v) is 8.94. The maximum atomic E-state index is 12.8. The van der Waals surface area contributed by atoms with Crippen LogP contribution in [0.1, 0.15) is 36.5 Å². The van der Waals surface area contributed by atoms with Gasteiger partial charge in [-0.3, -0.25) is 4.79 Å². The molecule has 0 bridgehead atoms. The Labute approximate surface area is 176 Å². The lowest BCUT2D eigenvalue weighted by molar-refractivity contribution is -0.131. The largest absolute Gasteiger partial charge is 0.350 e. The fraction of sp³-hybridized carbons (Fsp3) is 0.435. The van der Waals surface area contributed by atoms with Gasteiger partial charge in [-0.2, -0.15) is 0 Å². The molecule has 4 rings (SSSR count). The minimum atomic E-state index is 0.201. The van der Waals surface area contributed by atoms with Crippen molar-refractivity contribution in [3.63, 3.8) is 0 Å². The number of thiophene rings is 1. The van der Waals surface area contributed by atoms with Gasteiger partial charge in [-0.05, 0) is 31.9 Å². The molecular formula is C23H28N4OS. The molecule has 0 aliphatic carbocycles. The van der Waals surface area contributed by atoms with Crippen LogP contribution in [0, 0.1) is 6.92 Å². The molecule has 1 atom stereocenters. The number of anilines is 1. The average Bonchev–Trinajstić information content (AvgIpc) is 3.10. The molecule has 0 saturated carbocycles. The van der Waals surface area contributed by atoms with E-state index in [-0.39, 0.29) is 11.9 Å². The smallest absolute Gasteiger partial charge is 0.227 e. The van der Waals surface area contributed by atoms with Crippen molar-refractivity contribution in [2.45, 2.75) is 46.1 Å². The molecule has 0 radical (unpaired) electrons. The highest BCUT2D eigenvalue weighted by atomic mass is 32.1. The van der Waals surface area contributed by atoms with Gasteiger partial charge in [0.1, 0.15) is 16.5 Å². The van der Waals surface area contributed by atoms with Crippen LogP contribution >= 0.6 is 11.3 Å². The highest BCUT2D eigenvalue weighted by Gasteiger charge is 2.29. The summed E-state index contributed by atoms with van der Waals surface area (Å²) < 4.78 is 0. The number of carbonyl (C=O) groups is 1. The standard InChI is InChI=1S/C23H28N4OS/c1-4-8-19-14-20-22(24-17(3)25-23(20)29-19)27-12-11-26(15-16(27)2)21(28)13-18-9-6-5-7-10-18/h5-7,9-10,14,16H,4,8,11-13,15H2,1-3H3/t16-/m0/s1. The zero-order valence-corrected chi connectivity index (χ0v) is 18.2. The van der Waals surface area contributed by atoms with Gasteiger partial charge in [0.2, 0.25) is 5.91 Å². The summed E-state index contributed by atoms with van der Waals surface area (Å²) in [5.41, 5.74) is 1.07. The van der Waals surface area contributed by atoms with E-state index in [1.54, 1.807) is 11.3 Å². The molecule has 3 heterocycles. The third kappa shape index (κ3) is 4.27. The number of rotatable bonds is 5. The van der Waals surface area contributed by atoms with E-state index in [0.29, 0.717) is 6.42 Å². The summed E-state index contributed by atoms with van der Waals surface area (Å²) in [7, 11) is 0. The number of nitrogens with zero attached hydrogens (tertiary/aromatic N) is 4. The molecule has 2 aromatic heterocycles. The van der Waals surface area contributed by atoms with Crippen molar-refractivity contribution in [2.24, 2.45) is 0 Å². The predicted octanol–water partition coefficient (Wildman–Crippen LogP) is 4.23. The molecule has 1 aliphatic rings. The van der Waals surface area contributed by atoms with E-state index in [1.807, 2.05) is 42.2 Å². The molecule has 5 nitrogen and oxygen atoms in total. The van der Waals surface area contributed by atoms with Gasteiger partial charge in [-0.15, -0.1) is 11.3 Å². The first-order valence-corrected chi connectivity index (χ1v) is 11.2. The summed E-state index contributed by atoms with van der Waals surface area (Å²) in [5, 5.41) is 1.15. The molecule has 152 valence electrons. The summed E-state index contributed by atoms with van der Waals surface area (Å²) in [5.74, 6) is 2.04. The lowest BCUT2D eigenvalue weighted by Crippen LogP contribution is -2.54. The maximum Gasteiger partial charge on any atom is 0.227 e. The van der Waals surface area contributed by atoms with E-state index < -0.39 is 0 Å². The highest BCUT2D eigenvalue weighted by molar-refractivity contribution is 7.18. The summed E-state index contributed by atoms with van der Waals surface area (Å²) in [6.45, 7) is 8.61. The molecule has 6 heteroatoms. The van der Waals surface area contributed by atoms with Crippen LogP contribution in [0.3, 0.4) is 0 Å². The average molecular weight is 409 g/mol. The maximum absolute atomic E-state index is 12.8. The van der Waals surface area contributed by atoms with Crippen LogP contribution in [0.5, 0.6) is 0 Å². The van der Waals surface area contributed by atoms with Crippen molar-refractivity contribution >= 4 is 33.3 Å². The zero-order valence-electron chi connectivity index (χ0n) is 17.4. The Balaban J connectivity index is 1.52. The van der Waals surface area contributed by atoms with Crippen LogP contribution < -0.4 is 4.90 Å². The van der Waals surface area contributed by atoms with Gasteiger partial charge in [-0.1, -0.05) is 43.7 Å². The Morgan fingerprint density at radius 3 is 2.72 bits per heavy atom. The number of hydrogen-bond donors (Lipinski definition) is 0. The molecular weight excluding hydrogens is 380 g/mol. The summed E-state index contributed by atoms with van der Waals surface area (Å²) in [6, 6.07) is 12.5. The number of aromatic nitrogens is 2. The number of amides is 1. The van der Waals surface area contributed by atoms with E-state index in [2.05, 4.69) is 29.8 Å². The minimum Gasteiger partial charge on any atom is -0.350 e. The zero-order chi connectivity index (χ0) is 20.4. The van der Waals surface area contributed by atoms with Crippen LogP contribution in [0.15, 0.2) is 36.4 Å². The van der Waals surface area contributed by atoms with E-state index in [4.69, 9.17) is 4.98 Å². The molecule has 0 spiro atoms. The topological polar surface area (TPSA) is 49.3 Å². The summed E-state index contributed by atoms with van der Waals surface area (Å²) in [6.07, 6.45) is 2.68. The first kappa shape index (κ1) is 19.8. The lowest BCUT2D eigenvalue weighted by atomic mass is 10.1. The number of carbonyl (C=O) groups excluding carboxylic acids is 1. The quantitative estimate of drug-likeness (QED) is 0.634. The molecule has 0 unspecified atom stereocenters. The highest BCUT2D eigenvalue weighted by Crippen LogP contribution is 2.33. The van der Waals surface area contributed by atoms with Gasteiger partial charge in [0.25, 0.3) is 0 Å². The van der Waals surface area contributed by atoms with Crippen LogP contribution in [0.25, 0.3) is 10.2 Å². The van der Waals surface area contributed by atoms with Crippen molar-refractivity contribution in [1.29, 1.82) is 0 Å². The predicted molar refractivity (Wildman–Crippen MR) is 120 cm³/mol. The van der Waals surface area contributed by atoms with E-state index >= 15 is 0 Å². The third-order valence-electron chi connectivity index (χ3n) is 5.48. The van der Waals surface area contributed by atoms with Gasteiger partial charge in [0.15, 0.2) is 0 Å². The minimum absolute atomic E-state index is 0.201.